The van der Waals surface area contributed by atoms with E-state index in [9.17, 15) is 0 Å². The van der Waals surface area contributed by atoms with E-state index in [0.717, 1.165) is 25.3 Å². The van der Waals surface area contributed by atoms with Gasteiger partial charge in [-0.2, -0.15) is 0 Å². The molecule has 2 rings (SSSR count). The van der Waals surface area contributed by atoms with Gasteiger partial charge in [0, 0.05) is 22.5 Å². The summed E-state index contributed by atoms with van der Waals surface area (Å²) in [7, 11) is 0. The highest BCUT2D eigenvalue weighted by Crippen LogP contribution is 2.27. The second-order valence-corrected chi connectivity index (χ2v) is 5.30. The zero-order valence-electron chi connectivity index (χ0n) is 9.88. The van der Waals surface area contributed by atoms with Gasteiger partial charge in [0.15, 0.2) is 0 Å². The third-order valence-corrected chi connectivity index (χ3v) is 3.59. The van der Waals surface area contributed by atoms with E-state index in [-0.39, 0.29) is 6.10 Å². The third kappa shape index (κ3) is 3.51. The summed E-state index contributed by atoms with van der Waals surface area (Å²) in [6, 6.07) is 5.35. The van der Waals surface area contributed by atoms with E-state index in [4.69, 9.17) is 27.9 Å². The number of hydrogen-bond donors (Lipinski definition) is 1. The molecule has 0 radical (unpaired) electrons. The molecule has 0 unspecified atom stereocenters. The van der Waals surface area contributed by atoms with E-state index in [2.05, 4.69) is 12.2 Å². The lowest BCUT2D eigenvalue weighted by Gasteiger charge is -2.23. The number of hydrogen-bond acceptors (Lipinski definition) is 2. The molecule has 2 atom stereocenters. The van der Waals surface area contributed by atoms with Crippen LogP contribution in [0.25, 0.3) is 0 Å². The molecule has 0 amide bonds. The Labute approximate surface area is 112 Å². The van der Waals surface area contributed by atoms with Crippen molar-refractivity contribution in [3.05, 3.63) is 28.2 Å². The van der Waals surface area contributed by atoms with Gasteiger partial charge in [0.05, 0.1) is 0 Å². The Morgan fingerprint density at radius 2 is 2.06 bits per heavy atom. The highest BCUT2D eigenvalue weighted by Gasteiger charge is 2.25. The first-order valence-electron chi connectivity index (χ1n) is 6.02. The van der Waals surface area contributed by atoms with Crippen LogP contribution in [0.5, 0.6) is 5.75 Å². The Hall–Kier alpha value is -0.440. The molecule has 0 saturated carbocycles. The second-order valence-electron chi connectivity index (χ2n) is 4.42. The van der Waals surface area contributed by atoms with E-state index < -0.39 is 0 Å². The summed E-state index contributed by atoms with van der Waals surface area (Å²) in [6.45, 7) is 4.27. The summed E-state index contributed by atoms with van der Waals surface area (Å²) in [5.74, 6) is 1.35. The molecule has 0 aromatic heterocycles. The number of rotatable bonds is 4. The summed E-state index contributed by atoms with van der Waals surface area (Å²) in [4.78, 5) is 0. The minimum Gasteiger partial charge on any atom is -0.490 e. The molecule has 94 valence electrons. The summed E-state index contributed by atoms with van der Waals surface area (Å²) < 4.78 is 6.00. The maximum absolute atomic E-state index is 6.00. The standard InChI is InChI=1S/C13H17Cl2NO/c1-2-13(9-3-4-16-8-9)17-12-6-10(14)5-11(15)7-12/h5-7,9,13,16H,2-4,8H2,1H3/t9-,13-/m1/s1. The Morgan fingerprint density at radius 3 is 2.59 bits per heavy atom. The van der Waals surface area contributed by atoms with Crippen molar-refractivity contribution in [3.8, 4) is 5.75 Å². The molecule has 2 nitrogen and oxygen atoms in total. The van der Waals surface area contributed by atoms with Crippen LogP contribution in [0.15, 0.2) is 18.2 Å². The summed E-state index contributed by atoms with van der Waals surface area (Å²) in [5.41, 5.74) is 0. The summed E-state index contributed by atoms with van der Waals surface area (Å²) >= 11 is 11.9. The first kappa shape index (κ1) is 13.0. The van der Waals surface area contributed by atoms with Crippen LogP contribution >= 0.6 is 23.2 Å². The summed E-state index contributed by atoms with van der Waals surface area (Å²) in [6.07, 6.45) is 2.41. The molecule has 1 aromatic carbocycles. The van der Waals surface area contributed by atoms with Crippen molar-refractivity contribution in [2.75, 3.05) is 13.1 Å². The minimum absolute atomic E-state index is 0.236. The quantitative estimate of drug-likeness (QED) is 0.902. The molecule has 1 heterocycles. The molecule has 1 aliphatic heterocycles. The van der Waals surface area contributed by atoms with E-state index in [1.165, 1.54) is 6.42 Å². The van der Waals surface area contributed by atoms with Crippen molar-refractivity contribution in [2.24, 2.45) is 5.92 Å². The van der Waals surface area contributed by atoms with Crippen LogP contribution < -0.4 is 10.1 Å². The van der Waals surface area contributed by atoms with Crippen molar-refractivity contribution < 1.29 is 4.74 Å². The predicted octanol–water partition coefficient (Wildman–Crippen LogP) is 3.76. The van der Waals surface area contributed by atoms with Crippen molar-refractivity contribution in [1.29, 1.82) is 0 Å². The van der Waals surface area contributed by atoms with Crippen LogP contribution in [0.3, 0.4) is 0 Å². The maximum atomic E-state index is 6.00. The predicted molar refractivity (Wildman–Crippen MR) is 72.1 cm³/mol. The smallest absolute Gasteiger partial charge is 0.122 e. The summed E-state index contributed by atoms with van der Waals surface area (Å²) in [5, 5.41) is 4.60. The third-order valence-electron chi connectivity index (χ3n) is 3.15. The maximum Gasteiger partial charge on any atom is 0.122 e. The van der Waals surface area contributed by atoms with Crippen molar-refractivity contribution in [3.63, 3.8) is 0 Å². The highest BCUT2D eigenvalue weighted by molar-refractivity contribution is 6.34. The Balaban J connectivity index is 2.06. The molecular formula is C13H17Cl2NO. The first-order valence-corrected chi connectivity index (χ1v) is 6.78. The van der Waals surface area contributed by atoms with Gasteiger partial charge in [0.1, 0.15) is 11.9 Å². The topological polar surface area (TPSA) is 21.3 Å². The molecule has 4 heteroatoms. The fourth-order valence-electron chi connectivity index (χ4n) is 2.28. The molecular weight excluding hydrogens is 257 g/mol. The van der Waals surface area contributed by atoms with Gasteiger partial charge >= 0.3 is 0 Å². The lowest BCUT2D eigenvalue weighted by molar-refractivity contribution is 0.138. The van der Waals surface area contributed by atoms with Crippen molar-refractivity contribution in [1.82, 2.24) is 5.32 Å². The van der Waals surface area contributed by atoms with Crippen LogP contribution in [-0.2, 0) is 0 Å². The van der Waals surface area contributed by atoms with Gasteiger partial charge < -0.3 is 10.1 Å². The Bertz CT molecular complexity index is 357. The second kappa shape index (κ2) is 5.94. The Morgan fingerprint density at radius 1 is 1.35 bits per heavy atom. The van der Waals surface area contributed by atoms with Gasteiger partial charge in [0.2, 0.25) is 0 Å². The molecule has 1 N–H and O–H groups in total. The zero-order valence-corrected chi connectivity index (χ0v) is 11.4. The lowest BCUT2D eigenvalue weighted by Crippen LogP contribution is -2.28. The van der Waals surface area contributed by atoms with Gasteiger partial charge in [-0.3, -0.25) is 0 Å². The van der Waals surface area contributed by atoms with E-state index in [1.807, 2.05) is 12.1 Å². The minimum atomic E-state index is 0.236. The molecule has 17 heavy (non-hydrogen) atoms. The normalized spacial score (nSPS) is 21.5. The zero-order chi connectivity index (χ0) is 12.3. The number of halogens is 2. The Kier molecular flexibility index (Phi) is 4.55. The lowest BCUT2D eigenvalue weighted by atomic mass is 9.99. The van der Waals surface area contributed by atoms with Gasteiger partial charge in [-0.25, -0.2) is 0 Å². The van der Waals surface area contributed by atoms with Crippen LogP contribution in [0.2, 0.25) is 10.0 Å². The number of ether oxygens (including phenoxy) is 1. The van der Waals surface area contributed by atoms with E-state index in [1.54, 1.807) is 6.07 Å². The average Bonchev–Trinajstić information content (AvgIpc) is 2.77. The molecule has 0 bridgehead atoms. The van der Waals surface area contributed by atoms with Gasteiger partial charge in [-0.1, -0.05) is 30.1 Å². The largest absolute Gasteiger partial charge is 0.490 e. The molecule has 1 saturated heterocycles. The van der Waals surface area contributed by atoms with Crippen LogP contribution in [0.1, 0.15) is 19.8 Å². The van der Waals surface area contributed by atoms with Gasteiger partial charge in [0.25, 0.3) is 0 Å². The molecule has 1 aliphatic rings. The monoisotopic (exact) mass is 273 g/mol. The van der Waals surface area contributed by atoms with Gasteiger partial charge in [-0.05, 0) is 37.6 Å². The van der Waals surface area contributed by atoms with Crippen LogP contribution in [0, 0.1) is 5.92 Å². The van der Waals surface area contributed by atoms with Crippen molar-refractivity contribution >= 4 is 23.2 Å². The average molecular weight is 274 g/mol. The molecule has 1 aromatic rings. The number of benzene rings is 1. The van der Waals surface area contributed by atoms with Crippen LogP contribution in [0.4, 0.5) is 0 Å². The molecule has 0 spiro atoms. The van der Waals surface area contributed by atoms with Crippen LogP contribution in [-0.4, -0.2) is 19.2 Å². The SMILES string of the molecule is CC[C@@H](Oc1cc(Cl)cc(Cl)c1)[C@@H]1CCNC1. The molecule has 0 aliphatic carbocycles. The molecule has 1 fully saturated rings. The van der Waals surface area contributed by atoms with E-state index in [0.29, 0.717) is 16.0 Å². The van der Waals surface area contributed by atoms with Crippen molar-refractivity contribution in [2.45, 2.75) is 25.9 Å². The van der Waals surface area contributed by atoms with Gasteiger partial charge in [-0.15, -0.1) is 0 Å². The first-order chi connectivity index (χ1) is 8.19. The van der Waals surface area contributed by atoms with E-state index >= 15 is 0 Å². The fraction of sp³-hybridized carbons (Fsp3) is 0.538. The number of nitrogens with one attached hydrogen (secondary N) is 1. The highest BCUT2D eigenvalue weighted by atomic mass is 35.5. The fourth-order valence-corrected chi connectivity index (χ4v) is 2.78.